The standard InChI is InChI=1S/C14H13NO5/c1-18-13(16)8-20-12-7-11(14(17)19-2)15-10-6-4-3-5-9(10)12/h3-7H,8H2,1-2H3. The molecule has 2 aromatic rings. The number of rotatable bonds is 4. The van der Waals surface area contributed by atoms with Crippen LogP contribution in [0.25, 0.3) is 10.9 Å². The Morgan fingerprint density at radius 3 is 2.60 bits per heavy atom. The second-order valence-electron chi connectivity index (χ2n) is 3.88. The molecule has 1 heterocycles. The molecule has 104 valence electrons. The van der Waals surface area contributed by atoms with Gasteiger partial charge in [0, 0.05) is 11.5 Å². The number of hydrogen-bond acceptors (Lipinski definition) is 6. The third-order valence-corrected chi connectivity index (χ3v) is 2.65. The third-order valence-electron chi connectivity index (χ3n) is 2.65. The van der Waals surface area contributed by atoms with Gasteiger partial charge in [0.05, 0.1) is 19.7 Å². The molecule has 6 nitrogen and oxygen atoms in total. The van der Waals surface area contributed by atoms with E-state index in [0.717, 1.165) is 0 Å². The SMILES string of the molecule is COC(=O)COc1cc(C(=O)OC)nc2ccccc12. The van der Waals surface area contributed by atoms with Crippen LogP contribution in [0.1, 0.15) is 10.5 Å². The Kier molecular flexibility index (Phi) is 4.14. The predicted molar refractivity (Wildman–Crippen MR) is 70.6 cm³/mol. The Labute approximate surface area is 115 Å². The van der Waals surface area contributed by atoms with E-state index < -0.39 is 11.9 Å². The van der Waals surface area contributed by atoms with Crippen molar-refractivity contribution in [2.45, 2.75) is 0 Å². The number of hydrogen-bond donors (Lipinski definition) is 0. The summed E-state index contributed by atoms with van der Waals surface area (Å²) in [6, 6.07) is 8.58. The van der Waals surface area contributed by atoms with E-state index in [9.17, 15) is 9.59 Å². The molecular weight excluding hydrogens is 262 g/mol. The summed E-state index contributed by atoms with van der Waals surface area (Å²) in [5.41, 5.74) is 0.696. The van der Waals surface area contributed by atoms with Gasteiger partial charge in [-0.25, -0.2) is 14.6 Å². The largest absolute Gasteiger partial charge is 0.481 e. The maximum absolute atomic E-state index is 11.6. The van der Waals surface area contributed by atoms with Crippen molar-refractivity contribution in [1.82, 2.24) is 4.98 Å². The van der Waals surface area contributed by atoms with Gasteiger partial charge in [-0.05, 0) is 12.1 Å². The predicted octanol–water partition coefficient (Wildman–Crippen LogP) is 1.57. The molecule has 0 aliphatic heterocycles. The maximum Gasteiger partial charge on any atom is 0.356 e. The van der Waals surface area contributed by atoms with E-state index in [0.29, 0.717) is 16.7 Å². The molecule has 0 bridgehead atoms. The lowest BCUT2D eigenvalue weighted by atomic mass is 10.2. The van der Waals surface area contributed by atoms with Crippen molar-refractivity contribution in [3.8, 4) is 5.75 Å². The molecule has 0 atom stereocenters. The van der Waals surface area contributed by atoms with Gasteiger partial charge in [0.2, 0.25) is 0 Å². The van der Waals surface area contributed by atoms with Crippen LogP contribution in [0.2, 0.25) is 0 Å². The lowest BCUT2D eigenvalue weighted by molar-refractivity contribution is -0.142. The van der Waals surface area contributed by atoms with Gasteiger partial charge < -0.3 is 14.2 Å². The van der Waals surface area contributed by atoms with Gasteiger partial charge in [0.1, 0.15) is 5.75 Å². The topological polar surface area (TPSA) is 74.7 Å². The highest BCUT2D eigenvalue weighted by Crippen LogP contribution is 2.25. The Balaban J connectivity index is 2.44. The highest BCUT2D eigenvalue weighted by Gasteiger charge is 2.14. The van der Waals surface area contributed by atoms with Gasteiger partial charge in [-0.3, -0.25) is 0 Å². The molecule has 0 fully saturated rings. The minimum Gasteiger partial charge on any atom is -0.481 e. The van der Waals surface area contributed by atoms with Gasteiger partial charge in [0.15, 0.2) is 12.3 Å². The molecule has 2 rings (SSSR count). The number of fused-ring (bicyclic) bond motifs is 1. The maximum atomic E-state index is 11.6. The molecule has 1 aromatic carbocycles. The van der Waals surface area contributed by atoms with E-state index >= 15 is 0 Å². The van der Waals surface area contributed by atoms with E-state index in [4.69, 9.17) is 4.74 Å². The number of carbonyl (C=O) groups is 2. The van der Waals surface area contributed by atoms with Crippen LogP contribution in [0.15, 0.2) is 30.3 Å². The Morgan fingerprint density at radius 2 is 1.90 bits per heavy atom. The second-order valence-corrected chi connectivity index (χ2v) is 3.88. The number of benzene rings is 1. The van der Waals surface area contributed by atoms with E-state index in [2.05, 4.69) is 14.5 Å². The summed E-state index contributed by atoms with van der Waals surface area (Å²) in [6.07, 6.45) is 0. The van der Waals surface area contributed by atoms with E-state index in [1.807, 2.05) is 6.07 Å². The van der Waals surface area contributed by atoms with Crippen LogP contribution in [0, 0.1) is 0 Å². The normalized spacial score (nSPS) is 10.1. The highest BCUT2D eigenvalue weighted by atomic mass is 16.6. The van der Waals surface area contributed by atoms with Gasteiger partial charge >= 0.3 is 11.9 Å². The molecule has 0 saturated heterocycles. The molecule has 0 spiro atoms. The molecule has 20 heavy (non-hydrogen) atoms. The van der Waals surface area contributed by atoms with Gasteiger partial charge in [0.25, 0.3) is 0 Å². The first-order chi connectivity index (χ1) is 9.65. The zero-order valence-electron chi connectivity index (χ0n) is 11.1. The lowest BCUT2D eigenvalue weighted by Crippen LogP contribution is -2.13. The van der Waals surface area contributed by atoms with Crippen LogP contribution in [0.4, 0.5) is 0 Å². The van der Waals surface area contributed by atoms with Gasteiger partial charge in [-0.15, -0.1) is 0 Å². The van der Waals surface area contributed by atoms with Crippen molar-refractivity contribution in [1.29, 1.82) is 0 Å². The molecule has 6 heteroatoms. The number of aromatic nitrogens is 1. The van der Waals surface area contributed by atoms with Crippen molar-refractivity contribution in [2.75, 3.05) is 20.8 Å². The Bertz CT molecular complexity index is 653. The number of para-hydroxylation sites is 1. The summed E-state index contributed by atoms with van der Waals surface area (Å²) < 4.78 is 14.5. The van der Waals surface area contributed by atoms with Gasteiger partial charge in [-0.1, -0.05) is 12.1 Å². The summed E-state index contributed by atoms with van der Waals surface area (Å²) in [7, 11) is 2.55. The summed E-state index contributed by atoms with van der Waals surface area (Å²) in [5.74, 6) is -0.703. The summed E-state index contributed by atoms with van der Waals surface area (Å²) in [6.45, 7) is -0.245. The fourth-order valence-corrected chi connectivity index (χ4v) is 1.67. The number of esters is 2. The van der Waals surface area contributed by atoms with Crippen LogP contribution < -0.4 is 4.74 Å². The smallest absolute Gasteiger partial charge is 0.356 e. The van der Waals surface area contributed by atoms with Crippen molar-refractivity contribution >= 4 is 22.8 Å². The van der Waals surface area contributed by atoms with Crippen LogP contribution in [0.3, 0.4) is 0 Å². The van der Waals surface area contributed by atoms with Gasteiger partial charge in [-0.2, -0.15) is 0 Å². The minimum absolute atomic E-state index is 0.117. The quantitative estimate of drug-likeness (QED) is 0.788. The highest BCUT2D eigenvalue weighted by molar-refractivity contribution is 5.94. The molecule has 0 aliphatic rings. The summed E-state index contributed by atoms with van der Waals surface area (Å²) in [4.78, 5) is 26.9. The molecule has 0 N–H and O–H groups in total. The molecular formula is C14H13NO5. The van der Waals surface area contributed by atoms with E-state index in [-0.39, 0.29) is 12.3 Å². The Morgan fingerprint density at radius 1 is 1.15 bits per heavy atom. The number of ether oxygens (including phenoxy) is 3. The fourth-order valence-electron chi connectivity index (χ4n) is 1.67. The number of pyridine rings is 1. The van der Waals surface area contributed by atoms with Crippen molar-refractivity contribution < 1.29 is 23.8 Å². The first-order valence-electron chi connectivity index (χ1n) is 5.83. The van der Waals surface area contributed by atoms with Crippen molar-refractivity contribution in [3.05, 3.63) is 36.0 Å². The Hall–Kier alpha value is -2.63. The summed E-state index contributed by atoms with van der Waals surface area (Å²) >= 11 is 0. The number of carbonyl (C=O) groups excluding carboxylic acids is 2. The summed E-state index contributed by atoms with van der Waals surface area (Å²) in [5, 5.41) is 0.698. The molecule has 0 radical (unpaired) electrons. The number of nitrogens with zero attached hydrogens (tertiary/aromatic N) is 1. The van der Waals surface area contributed by atoms with Crippen LogP contribution in [-0.4, -0.2) is 37.7 Å². The first-order valence-corrected chi connectivity index (χ1v) is 5.83. The number of methoxy groups -OCH3 is 2. The van der Waals surface area contributed by atoms with E-state index in [1.54, 1.807) is 18.2 Å². The van der Waals surface area contributed by atoms with Crippen molar-refractivity contribution in [2.24, 2.45) is 0 Å². The lowest BCUT2D eigenvalue weighted by Gasteiger charge is -2.09. The van der Waals surface area contributed by atoms with Crippen LogP contribution in [0.5, 0.6) is 5.75 Å². The van der Waals surface area contributed by atoms with E-state index in [1.165, 1.54) is 20.3 Å². The zero-order chi connectivity index (χ0) is 14.5. The van der Waals surface area contributed by atoms with Crippen molar-refractivity contribution in [3.63, 3.8) is 0 Å². The first kappa shape index (κ1) is 13.8. The average Bonchev–Trinajstić information content (AvgIpc) is 2.50. The monoisotopic (exact) mass is 275 g/mol. The molecule has 0 aliphatic carbocycles. The zero-order valence-corrected chi connectivity index (χ0v) is 11.1. The molecule has 0 unspecified atom stereocenters. The van der Waals surface area contributed by atoms with Crippen LogP contribution in [-0.2, 0) is 14.3 Å². The second kappa shape index (κ2) is 6.01. The fraction of sp³-hybridized carbons (Fsp3) is 0.214. The molecule has 0 saturated carbocycles. The molecule has 0 amide bonds. The third kappa shape index (κ3) is 2.85. The van der Waals surface area contributed by atoms with Crippen LogP contribution >= 0.6 is 0 Å². The minimum atomic E-state index is -0.571. The molecule has 1 aromatic heterocycles. The average molecular weight is 275 g/mol.